The number of ketones is 1. The van der Waals surface area contributed by atoms with E-state index in [1.807, 2.05) is 4.90 Å². The minimum atomic E-state index is -0.938. The van der Waals surface area contributed by atoms with Crippen molar-refractivity contribution in [3.63, 3.8) is 0 Å². The molecule has 1 aromatic heterocycles. The summed E-state index contributed by atoms with van der Waals surface area (Å²) in [7, 11) is 1.48. The zero-order valence-corrected chi connectivity index (χ0v) is 21.1. The highest BCUT2D eigenvalue weighted by molar-refractivity contribution is 7.99. The van der Waals surface area contributed by atoms with Crippen molar-refractivity contribution in [2.45, 2.75) is 24.2 Å². The van der Waals surface area contributed by atoms with Crippen LogP contribution in [0.1, 0.15) is 29.6 Å². The lowest BCUT2D eigenvalue weighted by molar-refractivity contribution is -0.146. The molecule has 0 bridgehead atoms. The summed E-state index contributed by atoms with van der Waals surface area (Å²) >= 11 is 1.31. The molecule has 3 aromatic rings. The number of hydrogen-bond acceptors (Lipinski definition) is 6. The Kier molecular flexibility index (Phi) is 8.71. The number of ether oxygens (including phenoxy) is 1. The van der Waals surface area contributed by atoms with Crippen molar-refractivity contribution in [3.8, 4) is 5.75 Å². The normalized spacial score (nSPS) is 18.2. The van der Waals surface area contributed by atoms with Gasteiger partial charge in [-0.1, -0.05) is 0 Å². The Hall–Kier alpha value is -3.11. The van der Waals surface area contributed by atoms with Crippen molar-refractivity contribution < 1.29 is 32.6 Å². The lowest BCUT2D eigenvalue weighted by Gasteiger charge is -2.36. The van der Waals surface area contributed by atoms with Crippen LogP contribution in [-0.4, -0.2) is 59.2 Å². The van der Waals surface area contributed by atoms with Crippen LogP contribution >= 0.6 is 11.8 Å². The first-order valence-electron chi connectivity index (χ1n) is 11.9. The van der Waals surface area contributed by atoms with Crippen LogP contribution < -0.4 is 4.74 Å². The average molecular weight is 533 g/mol. The molecule has 1 fully saturated rings. The number of thioether (sulfide) groups is 1. The van der Waals surface area contributed by atoms with E-state index in [4.69, 9.17) is 4.74 Å². The number of aromatic nitrogens is 1. The third kappa shape index (κ3) is 6.61. The van der Waals surface area contributed by atoms with E-state index >= 15 is 0 Å². The van der Waals surface area contributed by atoms with Gasteiger partial charge in [0.1, 0.15) is 17.4 Å². The van der Waals surface area contributed by atoms with Crippen molar-refractivity contribution in [1.82, 2.24) is 9.88 Å². The number of carboxylic acid groups (broad SMARTS) is 1. The van der Waals surface area contributed by atoms with Crippen LogP contribution in [0.4, 0.5) is 13.2 Å². The predicted molar refractivity (Wildman–Crippen MR) is 135 cm³/mol. The van der Waals surface area contributed by atoms with E-state index in [0.29, 0.717) is 59.8 Å². The Labute approximate surface area is 216 Å². The highest BCUT2D eigenvalue weighted by atomic mass is 32.2. The Bertz CT molecular complexity index is 1290. The smallest absolute Gasteiger partial charge is 0.308 e. The number of methoxy groups -OCH3 is 1. The monoisotopic (exact) mass is 532 g/mol. The average Bonchev–Trinajstić information content (AvgIpc) is 2.86. The van der Waals surface area contributed by atoms with Gasteiger partial charge in [0, 0.05) is 41.6 Å². The van der Waals surface area contributed by atoms with E-state index in [0.717, 1.165) is 12.3 Å². The molecule has 0 saturated carbocycles. The summed E-state index contributed by atoms with van der Waals surface area (Å²) in [6.45, 7) is 1.52. The van der Waals surface area contributed by atoms with Gasteiger partial charge < -0.3 is 14.7 Å². The van der Waals surface area contributed by atoms with Gasteiger partial charge in [-0.2, -0.15) is 0 Å². The number of nitrogens with zero attached hydrogens (tertiary/aromatic N) is 2. The summed E-state index contributed by atoms with van der Waals surface area (Å²) in [6, 6.07) is 8.27. The molecular weight excluding hydrogens is 505 g/mol. The summed E-state index contributed by atoms with van der Waals surface area (Å²) < 4.78 is 46.6. The molecule has 0 radical (unpaired) electrons. The SMILES string of the molecule is COc1ccc2ncc(F)c(C(=O)CC[C@H]3CCN(CCSc4cc(F)cc(F)c4)C[C@H]3C(=O)O)c2c1. The number of likely N-dealkylation sites (tertiary alicyclic amines) is 1. The second-order valence-corrected chi connectivity index (χ2v) is 10.2. The fourth-order valence-electron chi connectivity index (χ4n) is 4.80. The number of carbonyl (C=O) groups is 2. The first-order chi connectivity index (χ1) is 17.7. The van der Waals surface area contributed by atoms with Crippen molar-refractivity contribution in [3.05, 3.63) is 65.6 Å². The molecule has 2 atom stereocenters. The van der Waals surface area contributed by atoms with Gasteiger partial charge in [0.2, 0.25) is 0 Å². The number of fused-ring (bicyclic) bond motifs is 1. The Morgan fingerprint density at radius 1 is 1.16 bits per heavy atom. The molecule has 0 unspecified atom stereocenters. The van der Waals surface area contributed by atoms with Crippen LogP contribution in [0.3, 0.4) is 0 Å². The van der Waals surface area contributed by atoms with Gasteiger partial charge >= 0.3 is 5.97 Å². The minimum absolute atomic E-state index is 0.0165. The summed E-state index contributed by atoms with van der Waals surface area (Å²) in [5.41, 5.74) is 0.417. The van der Waals surface area contributed by atoms with Crippen LogP contribution in [-0.2, 0) is 4.79 Å². The molecule has 0 aliphatic carbocycles. The lowest BCUT2D eigenvalue weighted by Crippen LogP contribution is -2.44. The van der Waals surface area contributed by atoms with Crippen molar-refractivity contribution in [2.24, 2.45) is 11.8 Å². The Balaban J connectivity index is 1.36. The second-order valence-electron chi connectivity index (χ2n) is 9.07. The first-order valence-corrected chi connectivity index (χ1v) is 12.9. The van der Waals surface area contributed by atoms with Crippen molar-refractivity contribution in [1.29, 1.82) is 0 Å². The molecule has 0 spiro atoms. The zero-order chi connectivity index (χ0) is 26.5. The van der Waals surface area contributed by atoms with E-state index in [1.54, 1.807) is 18.2 Å². The van der Waals surface area contributed by atoms with Gasteiger partial charge in [-0.3, -0.25) is 14.6 Å². The number of rotatable bonds is 10. The third-order valence-corrected chi connectivity index (χ3v) is 7.68. The van der Waals surface area contributed by atoms with Crippen LogP contribution in [0.15, 0.2) is 47.5 Å². The lowest BCUT2D eigenvalue weighted by atomic mass is 9.81. The molecule has 10 heteroatoms. The molecule has 1 saturated heterocycles. The van der Waals surface area contributed by atoms with E-state index in [1.165, 1.54) is 31.0 Å². The number of carbonyl (C=O) groups excluding carboxylic acids is 1. The molecule has 1 aliphatic rings. The number of piperidine rings is 1. The van der Waals surface area contributed by atoms with E-state index in [9.17, 15) is 27.9 Å². The number of benzene rings is 2. The molecule has 6 nitrogen and oxygen atoms in total. The number of halogens is 3. The molecule has 37 heavy (non-hydrogen) atoms. The number of aliphatic carboxylic acids is 1. The number of Topliss-reactive ketones (excluding diaryl/α,β-unsaturated/α-hetero) is 1. The fourth-order valence-corrected chi connectivity index (χ4v) is 5.78. The maximum atomic E-state index is 14.6. The maximum Gasteiger partial charge on any atom is 0.308 e. The molecule has 4 rings (SSSR count). The van der Waals surface area contributed by atoms with E-state index < -0.39 is 35.1 Å². The topological polar surface area (TPSA) is 79.7 Å². The third-order valence-electron chi connectivity index (χ3n) is 6.72. The van der Waals surface area contributed by atoms with Gasteiger partial charge in [-0.25, -0.2) is 13.2 Å². The van der Waals surface area contributed by atoms with Gasteiger partial charge in [0.15, 0.2) is 11.6 Å². The molecule has 196 valence electrons. The first kappa shape index (κ1) is 26.9. The summed E-state index contributed by atoms with van der Waals surface area (Å²) in [5.74, 6) is -3.19. The Morgan fingerprint density at radius 3 is 2.62 bits per heavy atom. The van der Waals surface area contributed by atoms with Crippen LogP contribution in [0.2, 0.25) is 0 Å². The maximum absolute atomic E-state index is 14.6. The van der Waals surface area contributed by atoms with E-state index in [2.05, 4.69) is 4.98 Å². The number of carboxylic acids is 1. The van der Waals surface area contributed by atoms with Gasteiger partial charge in [-0.05, 0) is 55.6 Å². The highest BCUT2D eigenvalue weighted by Crippen LogP contribution is 2.31. The molecule has 2 heterocycles. The summed E-state index contributed by atoms with van der Waals surface area (Å²) in [4.78, 5) is 31.6. The van der Waals surface area contributed by atoms with Gasteiger partial charge in [-0.15, -0.1) is 11.8 Å². The highest BCUT2D eigenvalue weighted by Gasteiger charge is 2.34. The van der Waals surface area contributed by atoms with Crippen LogP contribution in [0, 0.1) is 29.3 Å². The van der Waals surface area contributed by atoms with E-state index in [-0.39, 0.29) is 17.9 Å². The van der Waals surface area contributed by atoms with Crippen LogP contribution in [0.25, 0.3) is 10.9 Å². The fraction of sp³-hybridized carbons (Fsp3) is 0.370. The largest absolute Gasteiger partial charge is 0.497 e. The zero-order valence-electron chi connectivity index (χ0n) is 20.3. The summed E-state index contributed by atoms with van der Waals surface area (Å²) in [5, 5.41) is 10.2. The van der Waals surface area contributed by atoms with Crippen LogP contribution in [0.5, 0.6) is 5.75 Å². The number of hydrogen-bond donors (Lipinski definition) is 1. The number of pyridine rings is 1. The Morgan fingerprint density at radius 2 is 1.92 bits per heavy atom. The molecule has 2 aromatic carbocycles. The second kappa shape index (κ2) is 12.0. The molecule has 1 aliphatic heterocycles. The van der Waals surface area contributed by atoms with Crippen molar-refractivity contribution >= 4 is 34.4 Å². The summed E-state index contributed by atoms with van der Waals surface area (Å²) in [6.07, 6.45) is 1.95. The minimum Gasteiger partial charge on any atom is -0.497 e. The standard InChI is InChI=1S/C27H27F3N2O4S/c1-36-19-3-4-24-21(13-19)26(23(30)14-31-24)25(33)5-2-16-6-7-32(15-22(16)27(34)35)8-9-37-20-11-17(28)10-18(29)12-20/h3-4,10-14,16,22H,2,5-9,15H2,1H3,(H,34,35)/t16-,22+/m0/s1. The molecular formula is C27H27F3N2O4S. The molecule has 0 amide bonds. The van der Waals surface area contributed by atoms with Gasteiger partial charge in [0.05, 0.1) is 30.3 Å². The molecule has 1 N–H and O–H groups in total. The predicted octanol–water partition coefficient (Wildman–Crippen LogP) is 5.44. The van der Waals surface area contributed by atoms with Gasteiger partial charge in [0.25, 0.3) is 0 Å². The quantitative estimate of drug-likeness (QED) is 0.275. The van der Waals surface area contributed by atoms with Crippen molar-refractivity contribution in [2.75, 3.05) is 32.5 Å².